The van der Waals surface area contributed by atoms with Crippen LogP contribution in [0.25, 0.3) is 12.2 Å². The molecule has 1 fully saturated rings. The van der Waals surface area contributed by atoms with Gasteiger partial charge in [0.2, 0.25) is 11.8 Å². The molecule has 0 saturated heterocycles. The van der Waals surface area contributed by atoms with Gasteiger partial charge in [0.05, 0.1) is 0 Å². The van der Waals surface area contributed by atoms with E-state index in [0.717, 1.165) is 36.8 Å². The van der Waals surface area contributed by atoms with Gasteiger partial charge in [-0.25, -0.2) is 0 Å². The van der Waals surface area contributed by atoms with Crippen LogP contribution in [0.15, 0.2) is 60.7 Å². The molecule has 2 amide bonds. The van der Waals surface area contributed by atoms with Crippen LogP contribution < -0.4 is 10.6 Å². The lowest BCUT2D eigenvalue weighted by molar-refractivity contribution is -0.118. The summed E-state index contributed by atoms with van der Waals surface area (Å²) < 4.78 is 0. The summed E-state index contributed by atoms with van der Waals surface area (Å²) in [6.07, 6.45) is 9.75. The lowest BCUT2D eigenvalue weighted by Gasteiger charge is -2.29. The van der Waals surface area contributed by atoms with Gasteiger partial charge < -0.3 is 10.6 Å². The zero-order valence-electron chi connectivity index (χ0n) is 16.5. The van der Waals surface area contributed by atoms with Crippen LogP contribution in [-0.4, -0.2) is 23.9 Å². The predicted molar refractivity (Wildman–Crippen MR) is 123 cm³/mol. The van der Waals surface area contributed by atoms with Gasteiger partial charge in [0.25, 0.3) is 0 Å². The molecule has 0 spiro atoms. The molecule has 0 aliphatic heterocycles. The summed E-state index contributed by atoms with van der Waals surface area (Å²) in [5.41, 5.74) is 1.62. The Kier molecular flexibility index (Phi) is 8.12. The highest BCUT2D eigenvalue weighted by molar-refractivity contribution is 6.32. The molecule has 0 unspecified atom stereocenters. The number of hydrogen-bond acceptors (Lipinski definition) is 2. The van der Waals surface area contributed by atoms with Crippen molar-refractivity contribution in [3.63, 3.8) is 0 Å². The number of amides is 2. The minimum Gasteiger partial charge on any atom is -0.350 e. The summed E-state index contributed by atoms with van der Waals surface area (Å²) in [4.78, 5) is 24.3. The van der Waals surface area contributed by atoms with Crippen molar-refractivity contribution < 1.29 is 9.59 Å². The molecule has 6 heteroatoms. The van der Waals surface area contributed by atoms with Gasteiger partial charge in [0, 0.05) is 34.3 Å². The first-order chi connectivity index (χ1) is 14.5. The largest absolute Gasteiger partial charge is 0.350 e. The highest BCUT2D eigenvalue weighted by Gasteiger charge is 2.22. The lowest BCUT2D eigenvalue weighted by atomic mass is 9.91. The molecule has 0 heterocycles. The van der Waals surface area contributed by atoms with Gasteiger partial charge in [-0.1, -0.05) is 59.6 Å². The molecule has 0 bridgehead atoms. The van der Waals surface area contributed by atoms with Crippen LogP contribution in [0.3, 0.4) is 0 Å². The second-order valence-corrected chi connectivity index (χ2v) is 8.09. The van der Waals surface area contributed by atoms with Crippen LogP contribution in [0.5, 0.6) is 0 Å². The molecular weight excluding hydrogens is 419 g/mol. The Balaban J connectivity index is 1.41. The molecule has 1 aliphatic rings. The Morgan fingerprint density at radius 3 is 1.43 bits per heavy atom. The van der Waals surface area contributed by atoms with Crippen LogP contribution >= 0.6 is 23.2 Å². The maximum Gasteiger partial charge on any atom is 0.244 e. The Morgan fingerprint density at radius 1 is 0.700 bits per heavy atom. The monoisotopic (exact) mass is 442 g/mol. The minimum atomic E-state index is -0.134. The van der Waals surface area contributed by atoms with E-state index in [4.69, 9.17) is 23.2 Å². The van der Waals surface area contributed by atoms with E-state index in [1.165, 1.54) is 12.2 Å². The number of halogens is 2. The summed E-state index contributed by atoms with van der Waals surface area (Å²) in [5, 5.41) is 7.28. The van der Waals surface area contributed by atoms with E-state index < -0.39 is 0 Å². The zero-order valence-corrected chi connectivity index (χ0v) is 18.0. The predicted octanol–water partition coefficient (Wildman–Crippen LogP) is 5.26. The van der Waals surface area contributed by atoms with E-state index in [9.17, 15) is 9.59 Å². The van der Waals surface area contributed by atoms with Gasteiger partial charge in [-0.15, -0.1) is 0 Å². The first kappa shape index (κ1) is 22.1. The molecule has 156 valence electrons. The molecule has 30 heavy (non-hydrogen) atoms. The van der Waals surface area contributed by atoms with Crippen LogP contribution in [0, 0.1) is 0 Å². The quantitative estimate of drug-likeness (QED) is 0.599. The average molecular weight is 443 g/mol. The van der Waals surface area contributed by atoms with Crippen molar-refractivity contribution in [1.82, 2.24) is 10.6 Å². The van der Waals surface area contributed by atoms with Crippen molar-refractivity contribution in [1.29, 1.82) is 0 Å². The summed E-state index contributed by atoms with van der Waals surface area (Å²) in [6, 6.07) is 15.0. The Morgan fingerprint density at radius 2 is 1.07 bits per heavy atom. The second kappa shape index (κ2) is 11.0. The zero-order chi connectivity index (χ0) is 21.3. The average Bonchev–Trinajstić information content (AvgIpc) is 2.74. The molecule has 0 radical (unpaired) electrons. The van der Waals surface area contributed by atoms with E-state index in [0.29, 0.717) is 10.0 Å². The van der Waals surface area contributed by atoms with Crippen LogP contribution in [0.4, 0.5) is 0 Å². The van der Waals surface area contributed by atoms with Crippen molar-refractivity contribution in [3.05, 3.63) is 81.9 Å². The number of carbonyl (C=O) groups excluding carboxylic acids is 2. The van der Waals surface area contributed by atoms with Crippen LogP contribution in [-0.2, 0) is 9.59 Å². The fourth-order valence-corrected chi connectivity index (χ4v) is 3.83. The molecule has 2 N–H and O–H groups in total. The van der Waals surface area contributed by atoms with Crippen molar-refractivity contribution in [3.8, 4) is 0 Å². The van der Waals surface area contributed by atoms with Gasteiger partial charge >= 0.3 is 0 Å². The molecule has 1 saturated carbocycles. The van der Waals surface area contributed by atoms with E-state index in [1.807, 2.05) is 36.4 Å². The Labute approximate surface area is 187 Å². The minimum absolute atomic E-state index is 0.111. The fraction of sp³-hybridized carbons (Fsp3) is 0.250. The number of benzene rings is 2. The number of carbonyl (C=O) groups is 2. The molecule has 2 aromatic rings. The van der Waals surface area contributed by atoms with Crippen LogP contribution in [0.1, 0.15) is 36.8 Å². The van der Waals surface area contributed by atoms with Crippen LogP contribution in [0.2, 0.25) is 10.0 Å². The maximum absolute atomic E-state index is 12.2. The van der Waals surface area contributed by atoms with Gasteiger partial charge in [-0.3, -0.25) is 9.59 Å². The topological polar surface area (TPSA) is 58.2 Å². The maximum atomic E-state index is 12.2. The van der Waals surface area contributed by atoms with Gasteiger partial charge in [-0.05, 0) is 61.1 Å². The Bertz CT molecular complexity index is 870. The highest BCUT2D eigenvalue weighted by atomic mass is 35.5. The van der Waals surface area contributed by atoms with Crippen molar-refractivity contribution in [2.75, 3.05) is 0 Å². The van der Waals surface area contributed by atoms with Crippen molar-refractivity contribution >= 4 is 47.2 Å². The molecular formula is C24H24Cl2N2O2. The van der Waals surface area contributed by atoms with Gasteiger partial charge in [-0.2, -0.15) is 0 Å². The molecule has 0 atom stereocenters. The molecule has 4 nitrogen and oxygen atoms in total. The number of rotatable bonds is 6. The summed E-state index contributed by atoms with van der Waals surface area (Å²) >= 11 is 12.2. The molecule has 1 aliphatic carbocycles. The summed E-state index contributed by atoms with van der Waals surface area (Å²) in [6.45, 7) is 0. The number of hydrogen-bond donors (Lipinski definition) is 2. The second-order valence-electron chi connectivity index (χ2n) is 7.28. The Hall–Kier alpha value is -2.56. The van der Waals surface area contributed by atoms with E-state index in [-0.39, 0.29) is 23.9 Å². The third kappa shape index (κ3) is 6.75. The third-order valence-corrected chi connectivity index (χ3v) is 5.75. The standard InChI is InChI=1S/C24H24Cl2N2O2/c25-21-7-3-1-5-17(21)9-15-23(29)27-19-11-13-20(14-12-19)28-24(30)16-10-18-6-2-4-8-22(18)26/h1-10,15-16,19-20H,11-14H2,(H,27,29)(H,28,30). The van der Waals surface area contributed by atoms with E-state index >= 15 is 0 Å². The van der Waals surface area contributed by atoms with Gasteiger partial charge in [0.1, 0.15) is 0 Å². The summed E-state index contributed by atoms with van der Waals surface area (Å²) in [7, 11) is 0. The first-order valence-corrected chi connectivity index (χ1v) is 10.7. The SMILES string of the molecule is O=C(C=Cc1ccccc1Cl)NC1CCC(NC(=O)C=Cc2ccccc2Cl)CC1. The van der Waals surface area contributed by atoms with Crippen molar-refractivity contribution in [2.24, 2.45) is 0 Å². The first-order valence-electron chi connectivity index (χ1n) is 9.97. The summed E-state index contributed by atoms with van der Waals surface area (Å²) in [5.74, 6) is -0.268. The van der Waals surface area contributed by atoms with E-state index in [1.54, 1.807) is 24.3 Å². The van der Waals surface area contributed by atoms with Crippen molar-refractivity contribution in [2.45, 2.75) is 37.8 Å². The molecule has 3 rings (SSSR count). The smallest absolute Gasteiger partial charge is 0.244 e. The highest BCUT2D eigenvalue weighted by Crippen LogP contribution is 2.20. The lowest BCUT2D eigenvalue weighted by Crippen LogP contribution is -2.43. The normalized spacial score (nSPS) is 19.1. The van der Waals surface area contributed by atoms with Gasteiger partial charge in [0.15, 0.2) is 0 Å². The van der Waals surface area contributed by atoms with E-state index in [2.05, 4.69) is 10.6 Å². The fourth-order valence-electron chi connectivity index (χ4n) is 3.43. The number of nitrogens with one attached hydrogen (secondary N) is 2. The molecule has 2 aromatic carbocycles. The molecule has 0 aromatic heterocycles. The third-order valence-electron chi connectivity index (χ3n) is 5.06.